The molecule has 0 saturated heterocycles. The van der Waals surface area contributed by atoms with E-state index in [1.54, 1.807) is 0 Å². The van der Waals surface area contributed by atoms with Crippen molar-refractivity contribution in [1.82, 2.24) is 0 Å². The maximum Gasteiger partial charge on any atom is 0.321 e. The van der Waals surface area contributed by atoms with Crippen LogP contribution < -0.4 is 0 Å². The quantitative estimate of drug-likeness (QED) is 0.729. The Bertz CT molecular complexity index is 195. The Hall–Kier alpha value is -0.480. The summed E-state index contributed by atoms with van der Waals surface area (Å²) >= 11 is 0. The van der Waals surface area contributed by atoms with Crippen LogP contribution >= 0.6 is 24.8 Å². The summed E-state index contributed by atoms with van der Waals surface area (Å²) in [5.74, 6) is -2.37. The van der Waals surface area contributed by atoms with Gasteiger partial charge in [0.1, 0.15) is 0 Å². The largest absolute Gasteiger partial charge is 0.480 e. The van der Waals surface area contributed by atoms with Crippen molar-refractivity contribution in [3.8, 4) is 0 Å². The highest BCUT2D eigenvalue weighted by atomic mass is 35.5. The molecule has 1 aliphatic rings. The van der Waals surface area contributed by atoms with Gasteiger partial charge in [-0.1, -0.05) is 19.3 Å². The van der Waals surface area contributed by atoms with E-state index in [2.05, 4.69) is 0 Å². The summed E-state index contributed by atoms with van der Waals surface area (Å²) in [6, 6.07) is 0. The van der Waals surface area contributed by atoms with Crippen molar-refractivity contribution in [3.05, 3.63) is 0 Å². The summed E-state index contributed by atoms with van der Waals surface area (Å²) in [6.07, 6.45) is 2.91. The van der Waals surface area contributed by atoms with E-state index in [1.807, 2.05) is 0 Å². The maximum atomic E-state index is 10.7. The molecule has 0 aromatic heterocycles. The topological polar surface area (TPSA) is 74.6 Å². The second-order valence-corrected chi connectivity index (χ2v) is 3.25. The summed E-state index contributed by atoms with van der Waals surface area (Å²) in [5.41, 5.74) is -1.49. The van der Waals surface area contributed by atoms with Crippen LogP contribution in [0.2, 0.25) is 0 Å². The number of carboxylic acid groups (broad SMARTS) is 2. The smallest absolute Gasteiger partial charge is 0.321 e. The van der Waals surface area contributed by atoms with Crippen molar-refractivity contribution in [3.63, 3.8) is 0 Å². The fourth-order valence-corrected chi connectivity index (χ4v) is 1.67. The molecule has 0 aromatic carbocycles. The zero-order valence-electron chi connectivity index (χ0n) is 7.56. The molecule has 1 rings (SSSR count). The van der Waals surface area contributed by atoms with E-state index in [9.17, 15) is 9.59 Å². The van der Waals surface area contributed by atoms with Crippen LogP contribution in [0.15, 0.2) is 0 Å². The zero-order valence-corrected chi connectivity index (χ0v) is 9.20. The lowest BCUT2D eigenvalue weighted by molar-refractivity contribution is -0.167. The van der Waals surface area contributed by atoms with Gasteiger partial charge in [-0.05, 0) is 12.8 Å². The van der Waals surface area contributed by atoms with E-state index < -0.39 is 17.4 Å². The number of rotatable bonds is 2. The number of aliphatic carboxylic acids is 2. The SMILES string of the molecule is Cl.Cl.O=C(O)C1(C(=O)O)CCCCC1. The summed E-state index contributed by atoms with van der Waals surface area (Å²) in [5, 5.41) is 17.6. The van der Waals surface area contributed by atoms with Crippen LogP contribution in [0, 0.1) is 5.41 Å². The van der Waals surface area contributed by atoms with Crippen LogP contribution in [0.25, 0.3) is 0 Å². The first-order valence-corrected chi connectivity index (χ1v) is 4.06. The van der Waals surface area contributed by atoms with Crippen molar-refractivity contribution < 1.29 is 19.8 Å². The Morgan fingerprint density at radius 3 is 1.43 bits per heavy atom. The lowest BCUT2D eigenvalue weighted by Crippen LogP contribution is -2.40. The lowest BCUT2D eigenvalue weighted by Gasteiger charge is -2.28. The minimum atomic E-state index is -1.49. The van der Waals surface area contributed by atoms with Crippen LogP contribution in [-0.4, -0.2) is 22.2 Å². The average Bonchev–Trinajstić information content (AvgIpc) is 2.05. The van der Waals surface area contributed by atoms with Crippen molar-refractivity contribution in [1.29, 1.82) is 0 Å². The van der Waals surface area contributed by atoms with E-state index in [0.29, 0.717) is 12.8 Å². The van der Waals surface area contributed by atoms with Crippen LogP contribution in [0.4, 0.5) is 0 Å². The van der Waals surface area contributed by atoms with Crippen LogP contribution in [0.5, 0.6) is 0 Å². The highest BCUT2D eigenvalue weighted by molar-refractivity contribution is 5.98. The van der Waals surface area contributed by atoms with E-state index in [-0.39, 0.29) is 37.7 Å². The molecular formula is C8H14Cl2O4. The van der Waals surface area contributed by atoms with E-state index >= 15 is 0 Å². The van der Waals surface area contributed by atoms with Crippen molar-refractivity contribution in [2.75, 3.05) is 0 Å². The van der Waals surface area contributed by atoms with Gasteiger partial charge in [0.25, 0.3) is 0 Å². The maximum absolute atomic E-state index is 10.7. The van der Waals surface area contributed by atoms with Crippen molar-refractivity contribution in [2.45, 2.75) is 32.1 Å². The molecule has 0 aromatic rings. The molecule has 0 atom stereocenters. The minimum Gasteiger partial charge on any atom is -0.480 e. The molecule has 0 amide bonds. The standard InChI is InChI=1S/C8H12O4.2ClH/c9-6(10)8(7(11)12)4-2-1-3-5-8;;/h1-5H2,(H,9,10)(H,11,12);2*1H. The van der Waals surface area contributed by atoms with Gasteiger partial charge in [-0.2, -0.15) is 0 Å². The molecule has 0 heterocycles. The minimum absolute atomic E-state index is 0. The monoisotopic (exact) mass is 244 g/mol. The van der Waals surface area contributed by atoms with Gasteiger partial charge in [0.2, 0.25) is 0 Å². The van der Waals surface area contributed by atoms with E-state index in [4.69, 9.17) is 10.2 Å². The fourth-order valence-electron chi connectivity index (χ4n) is 1.67. The molecule has 2 N–H and O–H groups in total. The predicted molar refractivity (Wildman–Crippen MR) is 55.3 cm³/mol. The third kappa shape index (κ3) is 2.75. The first-order chi connectivity index (χ1) is 5.59. The Labute approximate surface area is 94.5 Å². The molecule has 0 radical (unpaired) electrons. The van der Waals surface area contributed by atoms with Gasteiger partial charge in [0.15, 0.2) is 5.41 Å². The number of hydrogen-bond acceptors (Lipinski definition) is 2. The van der Waals surface area contributed by atoms with Crippen LogP contribution in [-0.2, 0) is 9.59 Å². The van der Waals surface area contributed by atoms with Crippen molar-refractivity contribution in [2.24, 2.45) is 5.41 Å². The molecule has 0 spiro atoms. The van der Waals surface area contributed by atoms with E-state index in [0.717, 1.165) is 6.42 Å². The summed E-state index contributed by atoms with van der Waals surface area (Å²) < 4.78 is 0. The third-order valence-corrected chi connectivity index (χ3v) is 2.53. The molecule has 0 bridgehead atoms. The van der Waals surface area contributed by atoms with Crippen molar-refractivity contribution >= 4 is 36.8 Å². The molecule has 1 aliphatic carbocycles. The molecule has 1 saturated carbocycles. The van der Waals surface area contributed by atoms with Gasteiger partial charge >= 0.3 is 11.9 Å². The molecule has 1 fully saturated rings. The highest BCUT2D eigenvalue weighted by Crippen LogP contribution is 2.36. The number of carboxylic acids is 2. The molecule has 6 heteroatoms. The fraction of sp³-hybridized carbons (Fsp3) is 0.750. The Morgan fingerprint density at radius 2 is 1.21 bits per heavy atom. The third-order valence-electron chi connectivity index (χ3n) is 2.53. The highest BCUT2D eigenvalue weighted by Gasteiger charge is 2.46. The molecule has 84 valence electrons. The first-order valence-electron chi connectivity index (χ1n) is 4.06. The number of halogens is 2. The predicted octanol–water partition coefficient (Wildman–Crippen LogP) is 1.95. The van der Waals surface area contributed by atoms with E-state index in [1.165, 1.54) is 0 Å². The van der Waals surface area contributed by atoms with Gasteiger partial charge in [-0.15, -0.1) is 24.8 Å². The van der Waals surface area contributed by atoms with Gasteiger partial charge < -0.3 is 10.2 Å². The summed E-state index contributed by atoms with van der Waals surface area (Å²) in [4.78, 5) is 21.5. The molecular weight excluding hydrogens is 231 g/mol. The van der Waals surface area contributed by atoms with Gasteiger partial charge in [0.05, 0.1) is 0 Å². The Kier molecular flexibility index (Phi) is 6.94. The molecule has 0 unspecified atom stereocenters. The van der Waals surface area contributed by atoms with Gasteiger partial charge in [-0.25, -0.2) is 0 Å². The molecule has 4 nitrogen and oxygen atoms in total. The van der Waals surface area contributed by atoms with Gasteiger partial charge in [-0.3, -0.25) is 9.59 Å². The lowest BCUT2D eigenvalue weighted by atomic mass is 9.74. The average molecular weight is 245 g/mol. The first kappa shape index (κ1) is 16.0. The normalized spacial score (nSPS) is 18.6. The van der Waals surface area contributed by atoms with Gasteiger partial charge in [0, 0.05) is 0 Å². The number of hydrogen-bond donors (Lipinski definition) is 2. The Balaban J connectivity index is 0. The van der Waals surface area contributed by atoms with Crippen LogP contribution in [0.1, 0.15) is 32.1 Å². The second kappa shape index (κ2) is 6.09. The second-order valence-electron chi connectivity index (χ2n) is 3.25. The summed E-state index contributed by atoms with van der Waals surface area (Å²) in [6.45, 7) is 0. The molecule has 14 heavy (non-hydrogen) atoms. The molecule has 0 aliphatic heterocycles. The van der Waals surface area contributed by atoms with Crippen LogP contribution in [0.3, 0.4) is 0 Å². The zero-order chi connectivity index (χ0) is 9.19. The summed E-state index contributed by atoms with van der Waals surface area (Å²) in [7, 11) is 0. The Morgan fingerprint density at radius 1 is 0.857 bits per heavy atom. The number of carbonyl (C=O) groups is 2.